The highest BCUT2D eigenvalue weighted by atomic mass is 14.8. The summed E-state index contributed by atoms with van der Waals surface area (Å²) in [7, 11) is 0. The normalized spacial score (nSPS) is 17.2. The molecule has 0 aliphatic heterocycles. The number of anilines is 1. The van der Waals surface area contributed by atoms with Crippen molar-refractivity contribution in [3.63, 3.8) is 0 Å². The van der Waals surface area contributed by atoms with Crippen molar-refractivity contribution < 1.29 is 0 Å². The fourth-order valence-electron chi connectivity index (χ4n) is 2.12. The first kappa shape index (κ1) is 19.0. The SMILES string of the molecule is CCC.Cc1ccc(NC/C=C\C=C2\C=CC=CC2(C)C)cc1. The molecule has 0 saturated carbocycles. The van der Waals surface area contributed by atoms with Crippen molar-refractivity contribution in [2.24, 2.45) is 5.41 Å². The highest BCUT2D eigenvalue weighted by molar-refractivity contribution is 5.45. The van der Waals surface area contributed by atoms with Crippen molar-refractivity contribution in [1.82, 2.24) is 0 Å². The summed E-state index contributed by atoms with van der Waals surface area (Å²) in [6, 6.07) is 8.46. The van der Waals surface area contributed by atoms with Crippen LogP contribution >= 0.6 is 0 Å². The summed E-state index contributed by atoms with van der Waals surface area (Å²) in [5.74, 6) is 0. The Hall–Kier alpha value is -2.02. The van der Waals surface area contributed by atoms with Crippen LogP contribution in [-0.4, -0.2) is 6.54 Å². The van der Waals surface area contributed by atoms with Crippen molar-refractivity contribution in [3.05, 3.63) is 77.9 Å². The summed E-state index contributed by atoms with van der Waals surface area (Å²) in [4.78, 5) is 0. The molecule has 0 radical (unpaired) electrons. The van der Waals surface area contributed by atoms with Gasteiger partial charge >= 0.3 is 0 Å². The van der Waals surface area contributed by atoms with Crippen molar-refractivity contribution in [3.8, 4) is 0 Å². The molecular weight excluding hydrogens is 278 g/mol. The predicted molar refractivity (Wildman–Crippen MR) is 105 cm³/mol. The van der Waals surface area contributed by atoms with E-state index in [2.05, 4.69) is 107 Å². The van der Waals surface area contributed by atoms with Gasteiger partial charge in [0.2, 0.25) is 0 Å². The molecule has 1 heteroatoms. The maximum Gasteiger partial charge on any atom is 0.0342 e. The van der Waals surface area contributed by atoms with Gasteiger partial charge in [0, 0.05) is 17.6 Å². The summed E-state index contributed by atoms with van der Waals surface area (Å²) >= 11 is 0. The largest absolute Gasteiger partial charge is 0.382 e. The molecule has 0 unspecified atom stereocenters. The number of rotatable bonds is 4. The Morgan fingerprint density at radius 2 is 1.70 bits per heavy atom. The second kappa shape index (κ2) is 9.89. The number of benzene rings is 1. The van der Waals surface area contributed by atoms with E-state index >= 15 is 0 Å². The van der Waals surface area contributed by atoms with Crippen molar-refractivity contribution in [1.29, 1.82) is 0 Å². The van der Waals surface area contributed by atoms with Crippen LogP contribution in [0.5, 0.6) is 0 Å². The van der Waals surface area contributed by atoms with Crippen LogP contribution in [0.15, 0.2) is 72.4 Å². The molecule has 0 atom stereocenters. The van der Waals surface area contributed by atoms with Crippen molar-refractivity contribution >= 4 is 5.69 Å². The zero-order valence-corrected chi connectivity index (χ0v) is 15.3. The average molecular weight is 309 g/mol. The van der Waals surface area contributed by atoms with Crippen LogP contribution in [0.4, 0.5) is 5.69 Å². The summed E-state index contributed by atoms with van der Waals surface area (Å²) in [6.45, 7) is 11.7. The molecule has 23 heavy (non-hydrogen) atoms. The Morgan fingerprint density at radius 3 is 2.30 bits per heavy atom. The average Bonchev–Trinajstić information content (AvgIpc) is 2.51. The Labute approximate surface area is 142 Å². The third-order valence-electron chi connectivity index (χ3n) is 3.53. The van der Waals surface area contributed by atoms with Crippen LogP contribution in [0, 0.1) is 12.3 Å². The van der Waals surface area contributed by atoms with Crippen LogP contribution in [0.3, 0.4) is 0 Å². The summed E-state index contributed by atoms with van der Waals surface area (Å²) in [5, 5.41) is 3.38. The van der Waals surface area contributed by atoms with Crippen LogP contribution in [0.1, 0.15) is 39.7 Å². The lowest BCUT2D eigenvalue weighted by Crippen LogP contribution is -2.11. The minimum atomic E-state index is 0.128. The van der Waals surface area contributed by atoms with Crippen molar-refractivity contribution in [2.75, 3.05) is 11.9 Å². The fourth-order valence-corrected chi connectivity index (χ4v) is 2.12. The lowest BCUT2D eigenvalue weighted by atomic mass is 9.81. The molecule has 0 aromatic heterocycles. The Morgan fingerprint density at radius 1 is 1.04 bits per heavy atom. The van der Waals surface area contributed by atoms with E-state index in [0.29, 0.717) is 0 Å². The topological polar surface area (TPSA) is 12.0 Å². The Bertz CT molecular complexity index is 568. The molecule has 1 aromatic rings. The van der Waals surface area contributed by atoms with Gasteiger partial charge in [0.1, 0.15) is 0 Å². The van der Waals surface area contributed by atoms with Gasteiger partial charge in [-0.1, -0.05) is 94.3 Å². The van der Waals surface area contributed by atoms with Gasteiger partial charge in [-0.2, -0.15) is 0 Å². The second-order valence-electron chi connectivity index (χ2n) is 6.44. The Balaban J connectivity index is 0.000000816. The number of aryl methyl sites for hydroxylation is 1. The molecule has 1 aliphatic rings. The van der Waals surface area contributed by atoms with Gasteiger partial charge in [-0.05, 0) is 24.6 Å². The molecule has 0 fully saturated rings. The van der Waals surface area contributed by atoms with E-state index in [-0.39, 0.29) is 5.41 Å². The highest BCUT2D eigenvalue weighted by Gasteiger charge is 2.18. The zero-order chi connectivity index (χ0) is 17.1. The van der Waals surface area contributed by atoms with Gasteiger partial charge in [-0.25, -0.2) is 0 Å². The van der Waals surface area contributed by atoms with E-state index in [9.17, 15) is 0 Å². The number of hydrogen-bond donors (Lipinski definition) is 1. The first-order valence-corrected chi connectivity index (χ1v) is 8.53. The minimum Gasteiger partial charge on any atom is -0.382 e. The molecule has 1 nitrogen and oxygen atoms in total. The third kappa shape index (κ3) is 7.19. The molecule has 124 valence electrons. The molecular formula is C22H31N. The summed E-state index contributed by atoms with van der Waals surface area (Å²) < 4.78 is 0. The van der Waals surface area contributed by atoms with Gasteiger partial charge in [0.15, 0.2) is 0 Å². The van der Waals surface area contributed by atoms with E-state index in [1.165, 1.54) is 17.6 Å². The highest BCUT2D eigenvalue weighted by Crippen LogP contribution is 2.31. The van der Waals surface area contributed by atoms with E-state index in [4.69, 9.17) is 0 Å². The van der Waals surface area contributed by atoms with Gasteiger partial charge in [-0.15, -0.1) is 0 Å². The first-order valence-electron chi connectivity index (χ1n) is 8.53. The molecule has 2 rings (SSSR count). The lowest BCUT2D eigenvalue weighted by Gasteiger charge is -2.24. The van der Waals surface area contributed by atoms with E-state index in [0.717, 1.165) is 12.2 Å². The van der Waals surface area contributed by atoms with E-state index in [1.54, 1.807) is 0 Å². The maximum absolute atomic E-state index is 3.38. The molecule has 1 aliphatic carbocycles. The smallest absolute Gasteiger partial charge is 0.0342 e. The molecule has 0 saturated heterocycles. The molecule has 0 spiro atoms. The predicted octanol–water partition coefficient (Wildman–Crippen LogP) is 6.46. The Kier molecular flexibility index (Phi) is 8.18. The maximum atomic E-state index is 3.38. The van der Waals surface area contributed by atoms with Gasteiger partial charge in [0.25, 0.3) is 0 Å². The first-order chi connectivity index (χ1) is 11.0. The molecule has 1 aromatic carbocycles. The standard InChI is InChI=1S/C19H23N.C3H8/c1-16-10-12-18(13-11-16)20-15-7-5-9-17-8-4-6-14-19(17,2)3;1-3-2/h4-14,20H,15H2,1-3H3;3H2,1-2H3/b7-5-,17-9-;. The lowest BCUT2D eigenvalue weighted by molar-refractivity contribution is 0.591. The molecule has 0 bridgehead atoms. The summed E-state index contributed by atoms with van der Waals surface area (Å²) in [6.07, 6.45) is 16.3. The van der Waals surface area contributed by atoms with Gasteiger partial charge < -0.3 is 5.32 Å². The van der Waals surface area contributed by atoms with Crippen LogP contribution in [-0.2, 0) is 0 Å². The summed E-state index contributed by atoms with van der Waals surface area (Å²) in [5.41, 5.74) is 3.92. The third-order valence-corrected chi connectivity index (χ3v) is 3.53. The van der Waals surface area contributed by atoms with Gasteiger partial charge in [0.05, 0.1) is 0 Å². The second-order valence-corrected chi connectivity index (χ2v) is 6.44. The van der Waals surface area contributed by atoms with Crippen LogP contribution in [0.25, 0.3) is 0 Å². The molecule has 1 N–H and O–H groups in total. The quantitative estimate of drug-likeness (QED) is 0.673. The number of allylic oxidation sites excluding steroid dienone is 7. The molecule has 0 amide bonds. The van der Waals surface area contributed by atoms with Crippen LogP contribution in [0.2, 0.25) is 0 Å². The van der Waals surface area contributed by atoms with E-state index in [1.807, 2.05) is 0 Å². The number of hydrogen-bond acceptors (Lipinski definition) is 1. The number of nitrogens with one attached hydrogen (secondary N) is 1. The fraction of sp³-hybridized carbons (Fsp3) is 0.364. The minimum absolute atomic E-state index is 0.128. The van der Waals surface area contributed by atoms with E-state index < -0.39 is 0 Å². The van der Waals surface area contributed by atoms with Gasteiger partial charge in [-0.3, -0.25) is 0 Å². The zero-order valence-electron chi connectivity index (χ0n) is 15.3. The van der Waals surface area contributed by atoms with Crippen LogP contribution < -0.4 is 5.32 Å². The van der Waals surface area contributed by atoms with Crippen molar-refractivity contribution in [2.45, 2.75) is 41.0 Å². The molecule has 0 heterocycles. The monoisotopic (exact) mass is 309 g/mol.